The molecule has 0 bridgehead atoms. The van der Waals surface area contributed by atoms with Crippen molar-refractivity contribution in [3.05, 3.63) is 0 Å². The molecule has 5 nitrogen and oxygen atoms in total. The van der Waals surface area contributed by atoms with E-state index in [4.69, 9.17) is 21.1 Å². The molecule has 0 aromatic carbocycles. The van der Waals surface area contributed by atoms with Crippen LogP contribution >= 0.6 is 11.6 Å². The topological polar surface area (TPSA) is 72.8 Å². The number of alkyl halides is 1. The lowest BCUT2D eigenvalue weighted by Crippen LogP contribution is -2.63. The van der Waals surface area contributed by atoms with E-state index in [1.165, 1.54) is 26.2 Å². The lowest BCUT2D eigenvalue weighted by molar-refractivity contribution is -0.191. The van der Waals surface area contributed by atoms with Crippen LogP contribution in [0.25, 0.3) is 0 Å². The Bertz CT molecular complexity index is 704. The molecule has 0 aromatic rings. The van der Waals surface area contributed by atoms with E-state index in [1.807, 2.05) is 6.92 Å². The van der Waals surface area contributed by atoms with Gasteiger partial charge in [0.05, 0.1) is 10.8 Å². The Labute approximate surface area is 192 Å². The van der Waals surface area contributed by atoms with Gasteiger partial charge in [-0.15, -0.1) is 11.6 Å². The van der Waals surface area contributed by atoms with Crippen LogP contribution in [0.3, 0.4) is 0 Å². The first-order valence-corrected chi connectivity index (χ1v) is 12.3. The fourth-order valence-corrected chi connectivity index (χ4v) is 8.44. The van der Waals surface area contributed by atoms with Crippen LogP contribution in [-0.4, -0.2) is 41.2 Å². The maximum Gasteiger partial charge on any atom is 0.311 e. The maximum atomic E-state index is 13.4. The monoisotopic (exact) mass is 456 g/mol. The Morgan fingerprint density at radius 2 is 1.55 bits per heavy atom. The van der Waals surface area contributed by atoms with Gasteiger partial charge >= 0.3 is 11.9 Å². The van der Waals surface area contributed by atoms with Crippen molar-refractivity contribution in [3.63, 3.8) is 0 Å². The summed E-state index contributed by atoms with van der Waals surface area (Å²) < 4.78 is 10.4. The van der Waals surface area contributed by atoms with Gasteiger partial charge in [-0.05, 0) is 73.5 Å². The second-order valence-electron chi connectivity index (χ2n) is 11.8. The molecule has 3 rings (SSSR count). The van der Waals surface area contributed by atoms with Gasteiger partial charge in [-0.1, -0.05) is 34.1 Å². The highest BCUT2D eigenvalue weighted by molar-refractivity contribution is 6.25. The summed E-state index contributed by atoms with van der Waals surface area (Å²) in [6.45, 7) is 12.4. The number of hydrogen-bond acceptors (Lipinski definition) is 5. The Hall–Kier alpha value is -0.810. The maximum absolute atomic E-state index is 13.4. The highest BCUT2D eigenvalue weighted by Gasteiger charge is 2.65. The highest BCUT2D eigenvalue weighted by Crippen LogP contribution is 2.70. The van der Waals surface area contributed by atoms with E-state index in [1.54, 1.807) is 0 Å². The Morgan fingerprint density at radius 3 is 2.19 bits per heavy atom. The van der Waals surface area contributed by atoms with Gasteiger partial charge in [0.25, 0.3) is 0 Å². The van der Waals surface area contributed by atoms with Gasteiger partial charge in [0.1, 0.15) is 19.3 Å². The van der Waals surface area contributed by atoms with Crippen molar-refractivity contribution in [2.75, 3.05) is 13.2 Å². The molecule has 0 heterocycles. The number of rotatable bonds is 5. The molecule has 3 saturated carbocycles. The molecule has 0 spiro atoms. The van der Waals surface area contributed by atoms with Crippen LogP contribution in [0, 0.1) is 34.0 Å². The number of fused-ring (bicyclic) bond motifs is 3. The van der Waals surface area contributed by atoms with Gasteiger partial charge in [0.15, 0.2) is 0 Å². The second kappa shape index (κ2) is 8.52. The summed E-state index contributed by atoms with van der Waals surface area (Å²) in [7, 11) is 0. The van der Waals surface area contributed by atoms with Crippen LogP contribution in [0.2, 0.25) is 0 Å². The number of halogens is 1. The summed E-state index contributed by atoms with van der Waals surface area (Å²) in [6, 6.07) is 0. The van der Waals surface area contributed by atoms with E-state index in [0.717, 1.165) is 25.7 Å². The van der Waals surface area contributed by atoms with Gasteiger partial charge < -0.3 is 14.6 Å². The predicted molar refractivity (Wildman–Crippen MR) is 121 cm³/mol. The molecule has 178 valence electrons. The van der Waals surface area contributed by atoms with E-state index < -0.39 is 22.9 Å². The fourth-order valence-electron chi connectivity index (χ4n) is 7.99. The van der Waals surface area contributed by atoms with E-state index >= 15 is 0 Å². The Kier molecular flexibility index (Phi) is 6.82. The normalized spacial score (nSPS) is 42.6. The second-order valence-corrected chi connectivity index (χ2v) is 12.7. The van der Waals surface area contributed by atoms with Gasteiger partial charge in [0, 0.05) is 6.92 Å². The molecule has 7 atom stereocenters. The Morgan fingerprint density at radius 1 is 0.935 bits per heavy atom. The van der Waals surface area contributed by atoms with Crippen LogP contribution in [-0.2, 0) is 19.1 Å². The molecule has 0 amide bonds. The number of hydrogen-bond donors (Lipinski definition) is 1. The first-order chi connectivity index (χ1) is 14.2. The summed E-state index contributed by atoms with van der Waals surface area (Å²) in [4.78, 5) is 23.7. The molecule has 3 aliphatic carbocycles. The molecule has 1 N–H and O–H groups in total. The number of aliphatic hydroxyl groups excluding tert-OH is 1. The summed E-state index contributed by atoms with van der Waals surface area (Å²) in [5, 5.41) is 10.0. The standard InChI is InChI=1S/C25H41ClO5/c1-16(27)30-14-17(28)15-31-21(29)20-24(5)12-8-18-22(2,3)10-7-11-23(18,4)19(24)9-13-25(20,6)26/h17-20,28H,7-15H2,1-6H3. The zero-order valence-electron chi connectivity index (χ0n) is 20.1. The predicted octanol–water partition coefficient (Wildman–Crippen LogP) is 5.11. The molecule has 0 saturated heterocycles. The zero-order valence-corrected chi connectivity index (χ0v) is 20.9. The van der Waals surface area contributed by atoms with Crippen LogP contribution in [0.15, 0.2) is 0 Å². The van der Waals surface area contributed by atoms with Crippen molar-refractivity contribution >= 4 is 23.5 Å². The number of esters is 2. The van der Waals surface area contributed by atoms with Crippen LogP contribution in [0.5, 0.6) is 0 Å². The smallest absolute Gasteiger partial charge is 0.311 e. The van der Waals surface area contributed by atoms with E-state index in [-0.39, 0.29) is 30.0 Å². The van der Waals surface area contributed by atoms with Crippen molar-refractivity contribution in [1.29, 1.82) is 0 Å². The minimum atomic E-state index is -1.03. The molecular weight excluding hydrogens is 416 g/mol. The van der Waals surface area contributed by atoms with Crippen molar-refractivity contribution in [2.24, 2.45) is 34.0 Å². The minimum Gasteiger partial charge on any atom is -0.463 e. The van der Waals surface area contributed by atoms with Crippen molar-refractivity contribution in [2.45, 2.75) is 97.5 Å². The molecule has 0 radical (unpaired) electrons. The number of ether oxygens (including phenoxy) is 2. The van der Waals surface area contributed by atoms with E-state index in [0.29, 0.717) is 17.3 Å². The minimum absolute atomic E-state index is 0.180. The number of carbonyl (C=O) groups excluding carboxylic acids is 2. The summed E-state index contributed by atoms with van der Waals surface area (Å²) in [5.41, 5.74) is 0.299. The average molecular weight is 457 g/mol. The van der Waals surface area contributed by atoms with E-state index in [9.17, 15) is 14.7 Å². The van der Waals surface area contributed by atoms with E-state index in [2.05, 4.69) is 27.7 Å². The van der Waals surface area contributed by atoms with Crippen molar-refractivity contribution in [3.8, 4) is 0 Å². The Balaban J connectivity index is 1.82. The molecule has 6 heteroatoms. The first-order valence-electron chi connectivity index (χ1n) is 11.9. The molecule has 7 unspecified atom stereocenters. The third-order valence-corrected chi connectivity index (χ3v) is 9.56. The van der Waals surface area contributed by atoms with Gasteiger partial charge in [-0.3, -0.25) is 9.59 Å². The molecule has 0 aromatic heterocycles. The zero-order chi connectivity index (χ0) is 23.2. The lowest BCUT2D eigenvalue weighted by Gasteiger charge is -2.66. The molecule has 3 aliphatic rings. The van der Waals surface area contributed by atoms with Gasteiger partial charge in [-0.25, -0.2) is 0 Å². The average Bonchev–Trinajstić information content (AvgIpc) is 2.62. The highest BCUT2D eigenvalue weighted by atomic mass is 35.5. The largest absolute Gasteiger partial charge is 0.463 e. The van der Waals surface area contributed by atoms with Crippen molar-refractivity contribution in [1.82, 2.24) is 0 Å². The van der Waals surface area contributed by atoms with Gasteiger partial charge in [-0.2, -0.15) is 0 Å². The lowest BCUT2D eigenvalue weighted by atomic mass is 9.38. The third kappa shape index (κ3) is 4.51. The van der Waals surface area contributed by atoms with Crippen LogP contribution in [0.1, 0.15) is 86.5 Å². The van der Waals surface area contributed by atoms with Crippen molar-refractivity contribution < 1.29 is 24.2 Å². The summed E-state index contributed by atoms with van der Waals surface area (Å²) in [6.07, 6.45) is 6.60. The quantitative estimate of drug-likeness (QED) is 0.459. The SMILES string of the molecule is CC(=O)OCC(O)COC(=O)C1C(C)(Cl)CCC2C3(C)CCCC(C)(C)C3CCC12C. The number of carbonyl (C=O) groups is 2. The fraction of sp³-hybridized carbons (Fsp3) is 0.920. The van der Waals surface area contributed by atoms with Crippen LogP contribution < -0.4 is 0 Å². The summed E-state index contributed by atoms with van der Waals surface area (Å²) in [5.74, 6) is -0.142. The molecule has 0 aliphatic heterocycles. The third-order valence-electron chi connectivity index (χ3n) is 9.16. The van der Waals surface area contributed by atoms with Crippen LogP contribution in [0.4, 0.5) is 0 Å². The summed E-state index contributed by atoms with van der Waals surface area (Å²) >= 11 is 7.00. The molecule has 3 fully saturated rings. The first kappa shape index (κ1) is 24.8. The molecular formula is C25H41ClO5. The number of aliphatic hydroxyl groups is 1. The molecule has 31 heavy (non-hydrogen) atoms. The van der Waals surface area contributed by atoms with Gasteiger partial charge in [0.2, 0.25) is 0 Å².